The van der Waals surface area contributed by atoms with Crippen LogP contribution in [0.3, 0.4) is 0 Å². The van der Waals surface area contributed by atoms with Crippen LogP contribution in [0.5, 0.6) is 0 Å². The largest absolute Gasteiger partial charge is 0.345 e. The van der Waals surface area contributed by atoms with Crippen LogP contribution in [0.1, 0.15) is 45.9 Å². The molecule has 5 rings (SSSR count). The first-order chi connectivity index (χ1) is 16.6. The van der Waals surface area contributed by atoms with E-state index in [0.29, 0.717) is 18.7 Å². The summed E-state index contributed by atoms with van der Waals surface area (Å²) in [6.07, 6.45) is 1.81. The van der Waals surface area contributed by atoms with Crippen LogP contribution in [-0.4, -0.2) is 40.1 Å². The van der Waals surface area contributed by atoms with Crippen LogP contribution in [0, 0.1) is 0 Å². The van der Waals surface area contributed by atoms with E-state index in [0.717, 1.165) is 29.5 Å². The lowest BCUT2D eigenvalue weighted by atomic mass is 10.0. The maximum atomic E-state index is 13.3. The molecule has 1 fully saturated rings. The van der Waals surface area contributed by atoms with Crippen molar-refractivity contribution in [3.8, 4) is 0 Å². The highest BCUT2D eigenvalue weighted by molar-refractivity contribution is 6.05. The smallest absolute Gasteiger partial charge is 0.255 e. The van der Waals surface area contributed by atoms with Crippen LogP contribution in [0.25, 0.3) is 0 Å². The molecule has 0 saturated heterocycles. The van der Waals surface area contributed by atoms with Gasteiger partial charge in [-0.1, -0.05) is 78.9 Å². The van der Waals surface area contributed by atoms with Gasteiger partial charge in [-0.3, -0.25) is 14.4 Å². The second kappa shape index (κ2) is 9.51. The minimum atomic E-state index is -0.680. The van der Waals surface area contributed by atoms with E-state index in [4.69, 9.17) is 0 Å². The molecule has 0 spiro atoms. The van der Waals surface area contributed by atoms with Gasteiger partial charge in [0.25, 0.3) is 5.91 Å². The number of rotatable bonds is 8. The number of nitrogens with zero attached hydrogens (tertiary/aromatic N) is 2. The maximum absolute atomic E-state index is 13.3. The lowest BCUT2D eigenvalue weighted by Gasteiger charge is -2.26. The van der Waals surface area contributed by atoms with Gasteiger partial charge < -0.3 is 15.1 Å². The van der Waals surface area contributed by atoms with Crippen molar-refractivity contribution < 1.29 is 14.4 Å². The molecule has 0 aromatic heterocycles. The average molecular weight is 454 g/mol. The Morgan fingerprint density at radius 3 is 1.97 bits per heavy atom. The first kappa shape index (κ1) is 21.9. The van der Waals surface area contributed by atoms with Gasteiger partial charge in [0.2, 0.25) is 11.8 Å². The summed E-state index contributed by atoms with van der Waals surface area (Å²) >= 11 is 0. The molecule has 1 aliphatic carbocycles. The highest BCUT2D eigenvalue weighted by atomic mass is 16.2. The SMILES string of the molecule is O=C(NCC(=O)N(Cc1ccccc1)Cc1ccccc1)C1c2ccccc2C(=O)N1C1CC1. The van der Waals surface area contributed by atoms with Crippen LogP contribution in [0.2, 0.25) is 0 Å². The molecule has 6 nitrogen and oxygen atoms in total. The third-order valence-electron chi connectivity index (χ3n) is 6.39. The van der Waals surface area contributed by atoms with E-state index in [9.17, 15) is 14.4 Å². The van der Waals surface area contributed by atoms with E-state index in [1.165, 1.54) is 0 Å². The van der Waals surface area contributed by atoms with E-state index < -0.39 is 6.04 Å². The Kier molecular flexibility index (Phi) is 6.12. The Balaban J connectivity index is 1.30. The first-order valence-electron chi connectivity index (χ1n) is 11.7. The summed E-state index contributed by atoms with van der Waals surface area (Å²) in [6.45, 7) is 0.774. The van der Waals surface area contributed by atoms with Crippen molar-refractivity contribution in [3.05, 3.63) is 107 Å². The van der Waals surface area contributed by atoms with Crippen LogP contribution in [0.15, 0.2) is 84.9 Å². The number of hydrogen-bond donors (Lipinski definition) is 1. The number of nitrogens with one attached hydrogen (secondary N) is 1. The Labute approximate surface area is 199 Å². The molecule has 1 aliphatic heterocycles. The van der Waals surface area contributed by atoms with Gasteiger partial charge in [-0.2, -0.15) is 0 Å². The summed E-state index contributed by atoms with van der Waals surface area (Å²) in [4.78, 5) is 42.9. The highest BCUT2D eigenvalue weighted by Gasteiger charge is 2.47. The summed E-state index contributed by atoms with van der Waals surface area (Å²) in [7, 11) is 0. The minimum Gasteiger partial charge on any atom is -0.345 e. The van der Waals surface area contributed by atoms with Gasteiger partial charge in [-0.25, -0.2) is 0 Å². The monoisotopic (exact) mass is 453 g/mol. The molecule has 3 amide bonds. The van der Waals surface area contributed by atoms with Crippen molar-refractivity contribution in [2.24, 2.45) is 0 Å². The molecule has 172 valence electrons. The molecule has 3 aromatic carbocycles. The predicted octanol–water partition coefficient (Wildman–Crippen LogP) is 3.69. The van der Waals surface area contributed by atoms with Crippen molar-refractivity contribution in [1.29, 1.82) is 0 Å². The van der Waals surface area contributed by atoms with Gasteiger partial charge in [0, 0.05) is 24.7 Å². The number of carbonyl (C=O) groups excluding carboxylic acids is 3. The van der Waals surface area contributed by atoms with Crippen LogP contribution >= 0.6 is 0 Å². The highest BCUT2D eigenvalue weighted by Crippen LogP contribution is 2.41. The standard InChI is InChI=1S/C28H27N3O3/c32-25(30(18-20-9-3-1-4-10-20)19-21-11-5-2-6-12-21)17-29-27(33)26-23-13-7-8-14-24(23)28(34)31(26)22-15-16-22/h1-14,22,26H,15-19H2,(H,29,33). The van der Waals surface area contributed by atoms with E-state index in [-0.39, 0.29) is 30.3 Å². The zero-order chi connectivity index (χ0) is 23.5. The molecule has 1 N–H and O–H groups in total. The molecule has 34 heavy (non-hydrogen) atoms. The third-order valence-corrected chi connectivity index (χ3v) is 6.39. The van der Waals surface area contributed by atoms with Gasteiger partial charge in [-0.05, 0) is 35.6 Å². The molecular weight excluding hydrogens is 426 g/mol. The molecule has 2 aliphatic rings. The topological polar surface area (TPSA) is 69.7 Å². The number of fused-ring (bicyclic) bond motifs is 1. The zero-order valence-corrected chi connectivity index (χ0v) is 18.9. The molecular formula is C28H27N3O3. The molecule has 1 saturated carbocycles. The number of benzene rings is 3. The van der Waals surface area contributed by atoms with Crippen LogP contribution in [0.4, 0.5) is 0 Å². The van der Waals surface area contributed by atoms with E-state index in [1.807, 2.05) is 78.9 Å². The fourth-order valence-corrected chi connectivity index (χ4v) is 4.54. The molecule has 0 bridgehead atoms. The zero-order valence-electron chi connectivity index (χ0n) is 18.9. The van der Waals surface area contributed by atoms with Gasteiger partial charge in [-0.15, -0.1) is 0 Å². The summed E-state index contributed by atoms with van der Waals surface area (Å²) < 4.78 is 0. The van der Waals surface area contributed by atoms with Crippen LogP contribution < -0.4 is 5.32 Å². The number of amides is 3. The molecule has 1 unspecified atom stereocenters. The van der Waals surface area contributed by atoms with E-state index in [1.54, 1.807) is 15.9 Å². The van der Waals surface area contributed by atoms with Crippen molar-refractivity contribution in [2.45, 2.75) is 38.0 Å². The number of hydrogen-bond acceptors (Lipinski definition) is 3. The Hall–Kier alpha value is -3.93. The molecule has 6 heteroatoms. The van der Waals surface area contributed by atoms with E-state index >= 15 is 0 Å². The Morgan fingerprint density at radius 1 is 0.824 bits per heavy atom. The van der Waals surface area contributed by atoms with Gasteiger partial charge in [0.15, 0.2) is 0 Å². The fraction of sp³-hybridized carbons (Fsp3) is 0.250. The van der Waals surface area contributed by atoms with E-state index in [2.05, 4.69) is 5.32 Å². The summed E-state index contributed by atoms with van der Waals surface area (Å²) in [5, 5.41) is 2.83. The predicted molar refractivity (Wildman–Crippen MR) is 129 cm³/mol. The van der Waals surface area contributed by atoms with Gasteiger partial charge in [0.05, 0.1) is 6.54 Å². The average Bonchev–Trinajstić information content (AvgIpc) is 3.67. The lowest BCUT2D eigenvalue weighted by Crippen LogP contribution is -2.44. The first-order valence-corrected chi connectivity index (χ1v) is 11.7. The van der Waals surface area contributed by atoms with Gasteiger partial charge >= 0.3 is 0 Å². The normalized spacial score (nSPS) is 16.8. The summed E-state index contributed by atoms with van der Waals surface area (Å²) in [5.41, 5.74) is 3.34. The van der Waals surface area contributed by atoms with Gasteiger partial charge in [0.1, 0.15) is 6.04 Å². The molecule has 3 aromatic rings. The van der Waals surface area contributed by atoms with Crippen molar-refractivity contribution >= 4 is 17.7 Å². The summed E-state index contributed by atoms with van der Waals surface area (Å²) in [6, 6.07) is 26.3. The Morgan fingerprint density at radius 2 is 1.38 bits per heavy atom. The maximum Gasteiger partial charge on any atom is 0.255 e. The van der Waals surface area contributed by atoms with Crippen molar-refractivity contribution in [1.82, 2.24) is 15.1 Å². The Bertz CT molecular complexity index is 1150. The third kappa shape index (κ3) is 4.57. The molecule has 1 atom stereocenters. The quantitative estimate of drug-likeness (QED) is 0.566. The number of carbonyl (C=O) groups is 3. The molecule has 1 heterocycles. The fourth-order valence-electron chi connectivity index (χ4n) is 4.54. The summed E-state index contributed by atoms with van der Waals surface area (Å²) in [5.74, 6) is -0.575. The lowest BCUT2D eigenvalue weighted by molar-refractivity contribution is -0.135. The second-order valence-corrected chi connectivity index (χ2v) is 8.87. The van der Waals surface area contributed by atoms with Crippen LogP contribution in [-0.2, 0) is 22.7 Å². The van der Waals surface area contributed by atoms with Crippen molar-refractivity contribution in [2.75, 3.05) is 6.54 Å². The van der Waals surface area contributed by atoms with Crippen molar-refractivity contribution in [3.63, 3.8) is 0 Å². The second-order valence-electron chi connectivity index (χ2n) is 8.87. The molecule has 0 radical (unpaired) electrons. The minimum absolute atomic E-state index is 0.0963.